The van der Waals surface area contributed by atoms with Gasteiger partial charge in [0.1, 0.15) is 11.8 Å². The normalized spacial score (nSPS) is 23.5. The fraction of sp³-hybridized carbons (Fsp3) is 0.647. The second-order valence-corrected chi connectivity index (χ2v) is 7.18. The Morgan fingerprint density at radius 1 is 1.31 bits per heavy atom. The largest absolute Gasteiger partial charge is 0.374 e. The molecule has 2 aromatic rings. The van der Waals surface area contributed by atoms with Crippen LogP contribution in [-0.2, 0) is 4.74 Å². The summed E-state index contributed by atoms with van der Waals surface area (Å²) in [5.74, 6) is 2.83. The molecule has 2 amide bonds. The molecular weight excluding hydrogens is 338 g/mol. The van der Waals surface area contributed by atoms with Crippen molar-refractivity contribution in [3.05, 3.63) is 23.5 Å². The minimum Gasteiger partial charge on any atom is -0.374 e. The zero-order valence-corrected chi connectivity index (χ0v) is 15.1. The monoisotopic (exact) mass is 361 g/mol. The molecule has 2 aliphatic rings. The number of carbonyl (C=O) groups excluding carboxylic acids is 1. The number of hydrogen-bond acceptors (Lipinski definition) is 7. The zero-order chi connectivity index (χ0) is 18.3. The number of anilines is 1. The standard InChI is InChI=1S/C17H23N5O4/c1-9(2)12-8-13(20-25-12)18-17(23)22-6-7-24-10(3)14(22)16-19-15(21-26-16)11-4-5-11/h8-11,14H,4-7H2,1-3H3,(H,18,20,23)/t10-,14+/m1/s1. The van der Waals surface area contributed by atoms with E-state index < -0.39 is 6.04 Å². The molecule has 1 N–H and O–H groups in total. The van der Waals surface area contributed by atoms with E-state index in [1.807, 2.05) is 20.8 Å². The van der Waals surface area contributed by atoms with Crippen LogP contribution in [-0.4, -0.2) is 45.5 Å². The first-order chi connectivity index (χ1) is 12.5. The molecule has 0 spiro atoms. The van der Waals surface area contributed by atoms with E-state index in [0.29, 0.717) is 30.8 Å². The van der Waals surface area contributed by atoms with Crippen LogP contribution in [0.4, 0.5) is 10.6 Å². The van der Waals surface area contributed by atoms with Crippen LogP contribution in [0.1, 0.15) is 69.0 Å². The van der Waals surface area contributed by atoms with Gasteiger partial charge in [0.05, 0.1) is 12.7 Å². The summed E-state index contributed by atoms with van der Waals surface area (Å²) in [4.78, 5) is 19.0. The lowest BCUT2D eigenvalue weighted by Crippen LogP contribution is -2.49. The van der Waals surface area contributed by atoms with Gasteiger partial charge >= 0.3 is 6.03 Å². The Morgan fingerprint density at radius 2 is 2.12 bits per heavy atom. The quantitative estimate of drug-likeness (QED) is 0.892. The Morgan fingerprint density at radius 3 is 2.81 bits per heavy atom. The predicted molar refractivity (Wildman–Crippen MR) is 90.7 cm³/mol. The Kier molecular flexibility index (Phi) is 4.39. The van der Waals surface area contributed by atoms with Crippen molar-refractivity contribution in [3.63, 3.8) is 0 Å². The van der Waals surface area contributed by atoms with E-state index in [1.54, 1.807) is 11.0 Å². The van der Waals surface area contributed by atoms with Crippen LogP contribution >= 0.6 is 0 Å². The highest BCUT2D eigenvalue weighted by Crippen LogP contribution is 2.39. The number of rotatable bonds is 4. The van der Waals surface area contributed by atoms with Crippen molar-refractivity contribution < 1.29 is 18.6 Å². The smallest absolute Gasteiger partial charge is 0.323 e. The van der Waals surface area contributed by atoms with Crippen LogP contribution in [0, 0.1) is 0 Å². The fourth-order valence-electron chi connectivity index (χ4n) is 3.06. The number of nitrogens with zero attached hydrogens (tertiary/aromatic N) is 4. The Balaban J connectivity index is 1.52. The maximum Gasteiger partial charge on any atom is 0.323 e. The molecule has 140 valence electrons. The molecule has 0 radical (unpaired) electrons. The SMILES string of the molecule is CC(C)c1cc(NC(=O)N2CCO[C@H](C)[C@H]2c2nc(C3CC3)no2)no1. The van der Waals surface area contributed by atoms with Gasteiger partial charge in [-0.3, -0.25) is 5.32 Å². The summed E-state index contributed by atoms with van der Waals surface area (Å²) in [6.07, 6.45) is 1.93. The van der Waals surface area contributed by atoms with Gasteiger partial charge in [-0.1, -0.05) is 24.2 Å². The second kappa shape index (κ2) is 6.71. The first-order valence-corrected chi connectivity index (χ1v) is 9.02. The Labute approximate surface area is 151 Å². The van der Waals surface area contributed by atoms with Gasteiger partial charge in [0.2, 0.25) is 0 Å². The number of amides is 2. The van der Waals surface area contributed by atoms with E-state index >= 15 is 0 Å². The molecule has 4 rings (SSSR count). The van der Waals surface area contributed by atoms with Crippen molar-refractivity contribution in [1.82, 2.24) is 20.2 Å². The summed E-state index contributed by atoms with van der Waals surface area (Å²) in [5, 5.41) is 10.8. The van der Waals surface area contributed by atoms with E-state index in [9.17, 15) is 4.79 Å². The predicted octanol–water partition coefficient (Wildman–Crippen LogP) is 3.05. The van der Waals surface area contributed by atoms with Crippen molar-refractivity contribution >= 4 is 11.8 Å². The van der Waals surface area contributed by atoms with Crippen LogP contribution < -0.4 is 5.32 Å². The third kappa shape index (κ3) is 3.31. The Hall–Kier alpha value is -2.42. The third-order valence-corrected chi connectivity index (χ3v) is 4.74. The second-order valence-electron chi connectivity index (χ2n) is 7.18. The van der Waals surface area contributed by atoms with Crippen LogP contribution in [0.15, 0.2) is 15.1 Å². The van der Waals surface area contributed by atoms with Crippen molar-refractivity contribution in [2.75, 3.05) is 18.5 Å². The minimum absolute atomic E-state index is 0.198. The molecule has 0 bridgehead atoms. The van der Waals surface area contributed by atoms with Crippen molar-refractivity contribution in [3.8, 4) is 0 Å². The molecule has 0 aromatic carbocycles. The first kappa shape index (κ1) is 17.0. The molecule has 9 heteroatoms. The number of carbonyl (C=O) groups is 1. The molecule has 9 nitrogen and oxygen atoms in total. The molecule has 1 aliphatic heterocycles. The van der Waals surface area contributed by atoms with E-state index in [4.69, 9.17) is 13.8 Å². The molecule has 0 unspecified atom stereocenters. The highest BCUT2D eigenvalue weighted by Gasteiger charge is 2.39. The number of urea groups is 1. The number of aromatic nitrogens is 3. The van der Waals surface area contributed by atoms with Gasteiger partial charge < -0.3 is 18.7 Å². The molecule has 3 heterocycles. The molecule has 2 aromatic heterocycles. The lowest BCUT2D eigenvalue weighted by Gasteiger charge is -2.37. The number of ether oxygens (including phenoxy) is 1. The molecular formula is C17H23N5O4. The molecule has 26 heavy (non-hydrogen) atoms. The summed E-state index contributed by atoms with van der Waals surface area (Å²) in [6.45, 7) is 6.78. The van der Waals surface area contributed by atoms with Crippen molar-refractivity contribution in [2.45, 2.75) is 57.6 Å². The van der Waals surface area contributed by atoms with E-state index in [2.05, 4.69) is 20.6 Å². The van der Waals surface area contributed by atoms with Gasteiger partial charge in [-0.2, -0.15) is 4.98 Å². The van der Waals surface area contributed by atoms with Gasteiger partial charge in [-0.15, -0.1) is 0 Å². The topological polar surface area (TPSA) is 107 Å². The number of hydrogen-bond donors (Lipinski definition) is 1. The number of morpholine rings is 1. The average Bonchev–Trinajstić information content (AvgIpc) is 3.16. The van der Waals surface area contributed by atoms with Gasteiger partial charge in [0, 0.05) is 24.4 Å². The van der Waals surface area contributed by atoms with E-state index in [-0.39, 0.29) is 18.1 Å². The molecule has 1 saturated heterocycles. The maximum absolute atomic E-state index is 12.8. The van der Waals surface area contributed by atoms with Crippen molar-refractivity contribution in [1.29, 1.82) is 0 Å². The van der Waals surface area contributed by atoms with E-state index in [1.165, 1.54) is 0 Å². The van der Waals surface area contributed by atoms with Gasteiger partial charge in [0.15, 0.2) is 11.6 Å². The molecule has 1 saturated carbocycles. The lowest BCUT2D eigenvalue weighted by atomic mass is 10.1. The molecule has 2 fully saturated rings. The minimum atomic E-state index is -0.430. The van der Waals surface area contributed by atoms with Crippen LogP contribution in [0.2, 0.25) is 0 Å². The summed E-state index contributed by atoms with van der Waals surface area (Å²) < 4.78 is 16.4. The maximum atomic E-state index is 12.8. The highest BCUT2D eigenvalue weighted by molar-refractivity contribution is 5.88. The number of nitrogens with one attached hydrogen (secondary N) is 1. The highest BCUT2D eigenvalue weighted by atomic mass is 16.5. The van der Waals surface area contributed by atoms with E-state index in [0.717, 1.165) is 24.4 Å². The molecule has 2 atom stereocenters. The summed E-state index contributed by atoms with van der Waals surface area (Å²) in [7, 11) is 0. The van der Waals surface area contributed by atoms with Crippen molar-refractivity contribution in [2.24, 2.45) is 0 Å². The summed E-state index contributed by atoms with van der Waals surface area (Å²) in [6, 6.07) is 1.01. The first-order valence-electron chi connectivity index (χ1n) is 9.02. The van der Waals surface area contributed by atoms with Gasteiger partial charge in [-0.25, -0.2) is 4.79 Å². The van der Waals surface area contributed by atoms with Gasteiger partial charge in [0.25, 0.3) is 5.89 Å². The van der Waals surface area contributed by atoms with Crippen LogP contribution in [0.25, 0.3) is 0 Å². The van der Waals surface area contributed by atoms with Gasteiger partial charge in [-0.05, 0) is 19.8 Å². The average molecular weight is 361 g/mol. The summed E-state index contributed by atoms with van der Waals surface area (Å²) >= 11 is 0. The fourth-order valence-corrected chi connectivity index (χ4v) is 3.06. The lowest BCUT2D eigenvalue weighted by molar-refractivity contribution is -0.0525. The summed E-state index contributed by atoms with van der Waals surface area (Å²) in [5.41, 5.74) is 0. The van der Waals surface area contributed by atoms with Crippen LogP contribution in [0.3, 0.4) is 0 Å². The Bertz CT molecular complexity index is 782. The zero-order valence-electron chi connectivity index (χ0n) is 15.1. The third-order valence-electron chi connectivity index (χ3n) is 4.74. The molecule has 1 aliphatic carbocycles. The van der Waals surface area contributed by atoms with Crippen LogP contribution in [0.5, 0.6) is 0 Å².